The van der Waals surface area contributed by atoms with E-state index < -0.39 is 0 Å². The van der Waals surface area contributed by atoms with Gasteiger partial charge in [-0.3, -0.25) is 0 Å². The van der Waals surface area contributed by atoms with Crippen molar-refractivity contribution < 1.29 is 0 Å². The van der Waals surface area contributed by atoms with Crippen LogP contribution in [0.5, 0.6) is 0 Å². The Bertz CT molecular complexity index is 78.9. The zero-order chi connectivity index (χ0) is 4.41. The van der Waals surface area contributed by atoms with Crippen LogP contribution in [0.4, 0.5) is 0 Å². The van der Waals surface area contributed by atoms with Crippen LogP contribution in [0.1, 0.15) is 0 Å². The number of aliphatic imine (C=N–C) groups is 1. The Morgan fingerprint density at radius 3 is 2.83 bits per heavy atom. The summed E-state index contributed by atoms with van der Waals surface area (Å²) >= 11 is 1.58. The van der Waals surface area contributed by atoms with Crippen LogP contribution in [0.25, 0.3) is 0 Å². The van der Waals surface area contributed by atoms with Crippen molar-refractivity contribution in [3.8, 4) is 0 Å². The third-order valence-electron chi connectivity index (χ3n) is 0.700. The second kappa shape index (κ2) is 1.65. The van der Waals surface area contributed by atoms with E-state index in [4.69, 9.17) is 0 Å². The van der Waals surface area contributed by atoms with E-state index in [1.54, 1.807) is 16.9 Å². The molecule has 1 atom stereocenters. The maximum atomic E-state index is 4.07. The van der Waals surface area contributed by atoms with Crippen LogP contribution in [0.15, 0.2) is 4.99 Å². The molecule has 0 aromatic rings. The fourth-order valence-corrected chi connectivity index (χ4v) is 0.990. The summed E-state index contributed by atoms with van der Waals surface area (Å²) in [5.41, 5.74) is 0. The van der Waals surface area contributed by atoms with E-state index in [0.29, 0.717) is 0 Å². The van der Waals surface area contributed by atoms with Crippen molar-refractivity contribution in [3.05, 3.63) is 0 Å². The molecule has 0 aromatic heterocycles. The van der Waals surface area contributed by atoms with Crippen molar-refractivity contribution in [2.45, 2.75) is 0 Å². The van der Waals surface area contributed by atoms with Crippen LogP contribution in [-0.4, -0.2) is 34.6 Å². The van der Waals surface area contributed by atoms with E-state index in [0.717, 1.165) is 17.7 Å². The van der Waals surface area contributed by atoms with Crippen LogP contribution < -0.4 is 5.32 Å². The topological polar surface area (TPSA) is 24.4 Å². The van der Waals surface area contributed by atoms with E-state index in [9.17, 15) is 0 Å². The first-order chi connectivity index (χ1) is 2.89. The molecule has 34 valence electrons. The zero-order valence-electron chi connectivity index (χ0n) is 3.44. The molecule has 1 N–H and O–H groups in total. The summed E-state index contributed by atoms with van der Waals surface area (Å²) in [6, 6.07) is 0. The molecule has 2 nitrogen and oxygen atoms in total. The van der Waals surface area contributed by atoms with Crippen LogP contribution >= 0.6 is 0 Å². The van der Waals surface area contributed by atoms with Crippen molar-refractivity contribution in [1.29, 1.82) is 0 Å². The molecule has 0 amide bonds. The Labute approximate surface area is 45.5 Å². The van der Waals surface area contributed by atoms with E-state index >= 15 is 0 Å². The van der Waals surface area contributed by atoms with Gasteiger partial charge in [0.1, 0.15) is 0 Å². The first-order valence-corrected chi connectivity index (χ1v) is 3.14. The van der Waals surface area contributed by atoms with Gasteiger partial charge < -0.3 is 0 Å². The molecule has 3 heteroatoms. The van der Waals surface area contributed by atoms with Gasteiger partial charge in [-0.05, 0) is 0 Å². The average Bonchev–Trinajstić information content (AvgIpc) is 1.86. The van der Waals surface area contributed by atoms with Crippen molar-refractivity contribution in [2.24, 2.45) is 4.99 Å². The van der Waals surface area contributed by atoms with Crippen LogP contribution in [-0.2, 0) is 0 Å². The summed E-state index contributed by atoms with van der Waals surface area (Å²) in [6.45, 7) is 2.03. The first kappa shape index (κ1) is 4.19. The van der Waals surface area contributed by atoms with E-state index in [1.165, 1.54) is 0 Å². The molecule has 0 radical (unpaired) electrons. The molecule has 0 bridgehead atoms. The second-order valence-electron chi connectivity index (χ2n) is 1.19. The summed E-state index contributed by atoms with van der Waals surface area (Å²) in [4.78, 5) is 4.07. The average molecular weight is 146 g/mol. The predicted molar refractivity (Wildman–Crippen MR) is 28.8 cm³/mol. The monoisotopic (exact) mass is 146 g/mol. The van der Waals surface area contributed by atoms with Crippen molar-refractivity contribution in [1.82, 2.24) is 5.32 Å². The van der Waals surface area contributed by atoms with E-state index in [1.807, 2.05) is 0 Å². The molecular formula is C3H7AsN2. The van der Waals surface area contributed by atoms with Gasteiger partial charge in [0, 0.05) is 0 Å². The van der Waals surface area contributed by atoms with Gasteiger partial charge in [-0.15, -0.1) is 0 Å². The molecule has 0 saturated carbocycles. The van der Waals surface area contributed by atoms with Crippen LogP contribution in [0.2, 0.25) is 0 Å². The quantitative estimate of drug-likeness (QED) is 0.416. The Balaban J connectivity index is 2.45. The van der Waals surface area contributed by atoms with Gasteiger partial charge in [0.05, 0.1) is 0 Å². The normalized spacial score (nSPS) is 19.8. The molecule has 0 saturated heterocycles. The van der Waals surface area contributed by atoms with E-state index in [2.05, 4.69) is 10.3 Å². The number of nitrogens with one attached hydrogen (secondary N) is 1. The zero-order valence-corrected chi connectivity index (χ0v) is 5.86. The van der Waals surface area contributed by atoms with Gasteiger partial charge in [0.25, 0.3) is 0 Å². The predicted octanol–water partition coefficient (Wildman–Crippen LogP) is -1.42. The SMILES string of the molecule is [AsH2]C1=NCCN1. The molecular weight excluding hydrogens is 139 g/mol. The van der Waals surface area contributed by atoms with Gasteiger partial charge >= 0.3 is 44.9 Å². The number of rotatable bonds is 0. The summed E-state index contributed by atoms with van der Waals surface area (Å²) < 4.78 is 1.14. The standard InChI is InChI=1S/C3H7AsN2/c4-3-5-1-2-6-3/h1-2,4H2,(H,5,6). The van der Waals surface area contributed by atoms with Gasteiger partial charge in [0.15, 0.2) is 0 Å². The molecule has 0 aromatic carbocycles. The Kier molecular flexibility index (Phi) is 1.15. The van der Waals surface area contributed by atoms with E-state index in [-0.39, 0.29) is 0 Å². The number of amidine groups is 1. The molecule has 6 heavy (non-hydrogen) atoms. The van der Waals surface area contributed by atoms with Gasteiger partial charge in [-0.1, -0.05) is 0 Å². The fraction of sp³-hybridized carbons (Fsp3) is 0.667. The summed E-state index contributed by atoms with van der Waals surface area (Å²) in [5, 5.41) is 3.10. The number of hydrogen-bond acceptors (Lipinski definition) is 2. The minimum absolute atomic E-state index is 0.980. The Morgan fingerprint density at radius 1 is 1.83 bits per heavy atom. The van der Waals surface area contributed by atoms with Crippen molar-refractivity contribution >= 4 is 21.5 Å². The fourth-order valence-electron chi connectivity index (χ4n) is 0.416. The Hall–Kier alpha value is 0.0284. The molecule has 0 aliphatic carbocycles. The van der Waals surface area contributed by atoms with Gasteiger partial charge in [-0.25, -0.2) is 0 Å². The molecule has 1 unspecified atom stereocenters. The van der Waals surface area contributed by atoms with Gasteiger partial charge in [-0.2, -0.15) is 0 Å². The van der Waals surface area contributed by atoms with Gasteiger partial charge in [0.2, 0.25) is 0 Å². The molecule has 1 rings (SSSR count). The third-order valence-corrected chi connectivity index (χ3v) is 1.51. The van der Waals surface area contributed by atoms with Crippen molar-refractivity contribution in [2.75, 3.05) is 13.1 Å². The molecule has 1 aliphatic heterocycles. The Morgan fingerprint density at radius 2 is 2.67 bits per heavy atom. The summed E-state index contributed by atoms with van der Waals surface area (Å²) in [7, 11) is 0. The summed E-state index contributed by atoms with van der Waals surface area (Å²) in [5.74, 6) is 0. The molecule has 1 heterocycles. The first-order valence-electron chi connectivity index (χ1n) is 1.93. The van der Waals surface area contributed by atoms with Crippen molar-refractivity contribution in [3.63, 3.8) is 0 Å². The summed E-state index contributed by atoms with van der Waals surface area (Å²) in [6.07, 6.45) is 0. The minimum atomic E-state index is 0.980. The second-order valence-corrected chi connectivity index (χ2v) is 2.34. The third kappa shape index (κ3) is 0.748. The number of hydrogen-bond donors (Lipinski definition) is 1. The van der Waals surface area contributed by atoms with Crippen LogP contribution in [0.3, 0.4) is 0 Å². The maximum absolute atomic E-state index is 4.07. The molecule has 0 spiro atoms. The number of nitrogens with zero attached hydrogens (tertiary/aromatic N) is 1. The van der Waals surface area contributed by atoms with Crippen LogP contribution in [0, 0.1) is 0 Å². The molecule has 1 aliphatic rings. The molecule has 0 fully saturated rings.